The summed E-state index contributed by atoms with van der Waals surface area (Å²) in [5, 5.41) is 0. The summed E-state index contributed by atoms with van der Waals surface area (Å²) in [6.45, 7) is 3.19. The Labute approximate surface area is 130 Å². The zero-order chi connectivity index (χ0) is 16.9. The number of nitrogens with zero attached hydrogens (tertiary/aromatic N) is 1. The van der Waals surface area contributed by atoms with Gasteiger partial charge in [-0.25, -0.2) is 9.78 Å². The number of ether oxygens (including phenoxy) is 2. The predicted molar refractivity (Wildman–Crippen MR) is 75.8 cm³/mol. The van der Waals surface area contributed by atoms with Crippen LogP contribution in [0.4, 0.5) is 13.2 Å². The number of benzene rings is 1. The zero-order valence-corrected chi connectivity index (χ0v) is 11.8. The van der Waals surface area contributed by atoms with Crippen LogP contribution in [0.1, 0.15) is 11.3 Å². The molecule has 120 valence electrons. The minimum Gasteiger partial charge on any atom is -0.473 e. The highest BCUT2D eigenvalue weighted by molar-refractivity contribution is 5.83. The van der Waals surface area contributed by atoms with Crippen LogP contribution in [0.15, 0.2) is 55.1 Å². The average Bonchev–Trinajstić information content (AvgIpc) is 2.53. The van der Waals surface area contributed by atoms with E-state index in [2.05, 4.69) is 11.6 Å². The number of hydrogen-bond acceptors (Lipinski definition) is 4. The van der Waals surface area contributed by atoms with Gasteiger partial charge in [0.25, 0.3) is 0 Å². The van der Waals surface area contributed by atoms with Gasteiger partial charge < -0.3 is 9.47 Å². The van der Waals surface area contributed by atoms with Crippen LogP contribution in [0.2, 0.25) is 0 Å². The third kappa shape index (κ3) is 4.57. The minimum absolute atomic E-state index is 0.102. The number of carbonyl (C=O) groups excluding carboxylic acids is 1. The summed E-state index contributed by atoms with van der Waals surface area (Å²) in [5.74, 6) is -0.580. The van der Waals surface area contributed by atoms with Gasteiger partial charge in [0.2, 0.25) is 5.88 Å². The second-order valence-electron chi connectivity index (χ2n) is 4.38. The summed E-state index contributed by atoms with van der Waals surface area (Å²) < 4.78 is 48.1. The van der Waals surface area contributed by atoms with Crippen LogP contribution in [0.3, 0.4) is 0 Å². The van der Waals surface area contributed by atoms with Gasteiger partial charge in [-0.2, -0.15) is 13.2 Å². The average molecular weight is 323 g/mol. The first-order valence-electron chi connectivity index (χ1n) is 6.49. The summed E-state index contributed by atoms with van der Waals surface area (Å²) >= 11 is 0. The molecular formula is C16H12F3NO3. The summed E-state index contributed by atoms with van der Waals surface area (Å²) in [6, 6.07) is 9.87. The quantitative estimate of drug-likeness (QED) is 0.477. The lowest BCUT2D eigenvalue weighted by Gasteiger charge is -2.11. The maximum absolute atomic E-state index is 12.6. The molecule has 0 unspecified atom stereocenters. The molecule has 1 aromatic carbocycles. The van der Waals surface area contributed by atoms with Crippen molar-refractivity contribution in [3.8, 4) is 11.6 Å². The Balaban J connectivity index is 2.12. The molecule has 0 saturated heterocycles. The number of halogens is 3. The lowest BCUT2D eigenvalue weighted by molar-refractivity contribution is -0.141. The van der Waals surface area contributed by atoms with Crippen molar-refractivity contribution in [1.29, 1.82) is 0 Å². The Bertz CT molecular complexity index is 714. The van der Waals surface area contributed by atoms with Crippen LogP contribution in [-0.4, -0.2) is 11.0 Å². The molecule has 0 saturated carbocycles. The second kappa shape index (κ2) is 6.95. The lowest BCUT2D eigenvalue weighted by Crippen LogP contribution is -2.09. The number of alkyl halides is 3. The maximum atomic E-state index is 12.6. The summed E-state index contributed by atoms with van der Waals surface area (Å²) in [7, 11) is 0. The second-order valence-corrected chi connectivity index (χ2v) is 4.38. The summed E-state index contributed by atoms with van der Waals surface area (Å²) in [4.78, 5) is 14.6. The SMILES string of the molecule is C=CC(=O)Oc1ccccc1COc1cccc(C(F)(F)F)n1. The van der Waals surface area contributed by atoms with Gasteiger partial charge in [-0.3, -0.25) is 0 Å². The molecule has 0 aliphatic carbocycles. The van der Waals surface area contributed by atoms with Gasteiger partial charge in [0, 0.05) is 17.7 Å². The van der Waals surface area contributed by atoms with Gasteiger partial charge in [-0.1, -0.05) is 30.8 Å². The van der Waals surface area contributed by atoms with E-state index in [1.807, 2.05) is 0 Å². The topological polar surface area (TPSA) is 48.4 Å². The van der Waals surface area contributed by atoms with Gasteiger partial charge in [0.05, 0.1) is 0 Å². The number of esters is 1. The number of hydrogen-bond donors (Lipinski definition) is 0. The number of carbonyl (C=O) groups is 1. The fourth-order valence-electron chi connectivity index (χ4n) is 1.68. The number of rotatable bonds is 5. The van der Waals surface area contributed by atoms with Crippen molar-refractivity contribution in [3.05, 3.63) is 66.4 Å². The van der Waals surface area contributed by atoms with Gasteiger partial charge in [-0.05, 0) is 12.1 Å². The van der Waals surface area contributed by atoms with Crippen molar-refractivity contribution in [2.45, 2.75) is 12.8 Å². The molecule has 23 heavy (non-hydrogen) atoms. The highest BCUT2D eigenvalue weighted by Gasteiger charge is 2.32. The Hall–Kier alpha value is -2.83. The Morgan fingerprint density at radius 3 is 2.61 bits per heavy atom. The molecule has 0 atom stereocenters. The third-order valence-electron chi connectivity index (χ3n) is 2.74. The van der Waals surface area contributed by atoms with E-state index < -0.39 is 17.8 Å². The van der Waals surface area contributed by atoms with E-state index in [1.54, 1.807) is 24.3 Å². The molecule has 4 nitrogen and oxygen atoms in total. The smallest absolute Gasteiger partial charge is 0.433 e. The van der Waals surface area contributed by atoms with E-state index in [1.165, 1.54) is 12.1 Å². The van der Waals surface area contributed by atoms with Gasteiger partial charge in [0.1, 0.15) is 18.1 Å². The first-order chi connectivity index (χ1) is 10.9. The van der Waals surface area contributed by atoms with E-state index >= 15 is 0 Å². The molecule has 2 aromatic rings. The van der Waals surface area contributed by atoms with E-state index in [0.29, 0.717) is 5.56 Å². The lowest BCUT2D eigenvalue weighted by atomic mass is 10.2. The standard InChI is InChI=1S/C16H12F3NO3/c1-2-15(21)23-12-7-4-3-6-11(12)10-22-14-9-5-8-13(20-14)16(17,18)19/h2-9H,1,10H2. The van der Waals surface area contributed by atoms with Gasteiger partial charge in [-0.15, -0.1) is 0 Å². The molecule has 7 heteroatoms. The third-order valence-corrected chi connectivity index (χ3v) is 2.74. The molecule has 0 amide bonds. The predicted octanol–water partition coefficient (Wildman–Crippen LogP) is 3.77. The Kier molecular flexibility index (Phi) is 5.00. The molecular weight excluding hydrogens is 311 g/mol. The first kappa shape index (κ1) is 16.5. The molecule has 1 aromatic heterocycles. The van der Waals surface area contributed by atoms with Crippen LogP contribution in [-0.2, 0) is 17.6 Å². The van der Waals surface area contributed by atoms with E-state index in [0.717, 1.165) is 12.1 Å². The molecule has 0 radical (unpaired) electrons. The van der Waals surface area contributed by atoms with Crippen molar-refractivity contribution >= 4 is 5.97 Å². The van der Waals surface area contributed by atoms with Crippen LogP contribution in [0.25, 0.3) is 0 Å². The molecule has 0 aliphatic heterocycles. The van der Waals surface area contributed by atoms with Crippen LogP contribution in [0.5, 0.6) is 11.6 Å². The summed E-state index contributed by atoms with van der Waals surface area (Å²) in [5.41, 5.74) is -0.553. The normalized spacial score (nSPS) is 10.9. The monoisotopic (exact) mass is 323 g/mol. The fraction of sp³-hybridized carbons (Fsp3) is 0.125. The number of pyridine rings is 1. The zero-order valence-electron chi connectivity index (χ0n) is 11.8. The highest BCUT2D eigenvalue weighted by atomic mass is 19.4. The number of para-hydroxylation sites is 1. The molecule has 0 fully saturated rings. The largest absolute Gasteiger partial charge is 0.473 e. The van der Waals surface area contributed by atoms with Crippen molar-refractivity contribution in [2.75, 3.05) is 0 Å². The molecule has 0 N–H and O–H groups in total. The number of aromatic nitrogens is 1. The van der Waals surface area contributed by atoms with E-state index in [9.17, 15) is 18.0 Å². The Morgan fingerprint density at radius 1 is 1.17 bits per heavy atom. The first-order valence-corrected chi connectivity index (χ1v) is 6.49. The molecule has 0 bridgehead atoms. The van der Waals surface area contributed by atoms with Gasteiger partial charge >= 0.3 is 12.1 Å². The van der Waals surface area contributed by atoms with Crippen LogP contribution >= 0.6 is 0 Å². The molecule has 0 spiro atoms. The van der Waals surface area contributed by atoms with Crippen LogP contribution < -0.4 is 9.47 Å². The maximum Gasteiger partial charge on any atom is 0.433 e. The highest BCUT2D eigenvalue weighted by Crippen LogP contribution is 2.29. The Morgan fingerprint density at radius 2 is 1.91 bits per heavy atom. The minimum atomic E-state index is -4.54. The fourth-order valence-corrected chi connectivity index (χ4v) is 1.68. The van der Waals surface area contributed by atoms with E-state index in [4.69, 9.17) is 9.47 Å². The summed E-state index contributed by atoms with van der Waals surface area (Å²) in [6.07, 6.45) is -3.54. The molecule has 2 rings (SSSR count). The van der Waals surface area contributed by atoms with Gasteiger partial charge in [0.15, 0.2) is 0 Å². The molecule has 0 aliphatic rings. The van der Waals surface area contributed by atoms with Crippen molar-refractivity contribution in [2.24, 2.45) is 0 Å². The van der Waals surface area contributed by atoms with Crippen LogP contribution in [0, 0.1) is 0 Å². The van der Waals surface area contributed by atoms with Crippen molar-refractivity contribution in [3.63, 3.8) is 0 Å². The molecule has 1 heterocycles. The van der Waals surface area contributed by atoms with Crippen molar-refractivity contribution < 1.29 is 27.4 Å². The van der Waals surface area contributed by atoms with Crippen molar-refractivity contribution in [1.82, 2.24) is 4.98 Å². The van der Waals surface area contributed by atoms with E-state index in [-0.39, 0.29) is 18.2 Å².